The zero-order valence-corrected chi connectivity index (χ0v) is 7.17. The molecule has 0 nitrogen and oxygen atoms in total. The second-order valence-corrected chi connectivity index (χ2v) is 2.72. The summed E-state index contributed by atoms with van der Waals surface area (Å²) in [5.74, 6) is 1.42. The smallest absolute Gasteiger partial charge is 0.0260 e. The van der Waals surface area contributed by atoms with Crippen molar-refractivity contribution in [3.8, 4) is 0 Å². The lowest BCUT2D eigenvalue weighted by Gasteiger charge is -1.93. The van der Waals surface area contributed by atoms with Gasteiger partial charge in [0.15, 0.2) is 0 Å². The summed E-state index contributed by atoms with van der Waals surface area (Å²) in [6.45, 7) is 2.08. The lowest BCUT2D eigenvalue weighted by Crippen LogP contribution is -1.78. The summed E-state index contributed by atoms with van der Waals surface area (Å²) in [5, 5.41) is 0. The van der Waals surface area contributed by atoms with Crippen LogP contribution in [-0.4, -0.2) is 11.8 Å². The molecule has 0 saturated heterocycles. The van der Waals surface area contributed by atoms with Crippen molar-refractivity contribution in [2.75, 3.05) is 11.8 Å². The largest absolute Gasteiger partial charge is 0.126 e. The van der Waals surface area contributed by atoms with Gasteiger partial charge in [-0.1, -0.05) is 11.6 Å². The van der Waals surface area contributed by atoms with Gasteiger partial charge in [0.2, 0.25) is 0 Å². The van der Waals surface area contributed by atoms with E-state index < -0.39 is 0 Å². The number of halogens is 2. The summed E-state index contributed by atoms with van der Waals surface area (Å²) in [6, 6.07) is 0. The van der Waals surface area contributed by atoms with Crippen molar-refractivity contribution < 1.29 is 0 Å². The molecule has 0 rings (SSSR count). The second-order valence-electron chi connectivity index (χ2n) is 1.97. The lowest BCUT2D eigenvalue weighted by molar-refractivity contribution is 1.07. The predicted octanol–water partition coefficient (Wildman–Crippen LogP) is 3.19. The normalized spacial score (nSPS) is 12.1. The molecule has 54 valence electrons. The summed E-state index contributed by atoms with van der Waals surface area (Å²) in [4.78, 5) is 0. The summed E-state index contributed by atoms with van der Waals surface area (Å²) >= 11 is 11.0. The van der Waals surface area contributed by atoms with E-state index in [2.05, 4.69) is 13.0 Å². The Morgan fingerprint density at radius 3 is 2.44 bits per heavy atom. The van der Waals surface area contributed by atoms with E-state index in [0.717, 1.165) is 12.8 Å². The van der Waals surface area contributed by atoms with Gasteiger partial charge in [0.25, 0.3) is 0 Å². The summed E-state index contributed by atoms with van der Waals surface area (Å²) < 4.78 is 0. The van der Waals surface area contributed by atoms with Crippen LogP contribution in [0.2, 0.25) is 0 Å². The van der Waals surface area contributed by atoms with Gasteiger partial charge >= 0.3 is 0 Å². The highest BCUT2D eigenvalue weighted by Crippen LogP contribution is 2.02. The van der Waals surface area contributed by atoms with Crippen LogP contribution in [0.4, 0.5) is 0 Å². The van der Waals surface area contributed by atoms with E-state index >= 15 is 0 Å². The molecule has 0 aliphatic rings. The van der Waals surface area contributed by atoms with Crippen LogP contribution < -0.4 is 0 Å². The fraction of sp³-hybridized carbons (Fsp3) is 0.714. The minimum Gasteiger partial charge on any atom is -0.126 e. The van der Waals surface area contributed by atoms with Gasteiger partial charge in [-0.3, -0.25) is 0 Å². The molecule has 0 saturated carbocycles. The molecule has 0 aromatic carbocycles. The molecule has 0 unspecified atom stereocenters. The van der Waals surface area contributed by atoms with Crippen LogP contribution in [0.5, 0.6) is 0 Å². The zero-order chi connectivity index (χ0) is 7.11. The molecular formula is C7H12Cl2. The number of hydrogen-bond donors (Lipinski definition) is 0. The first-order chi connectivity index (χ1) is 4.31. The highest BCUT2D eigenvalue weighted by Gasteiger charge is 1.85. The van der Waals surface area contributed by atoms with Crippen molar-refractivity contribution in [3.05, 3.63) is 11.6 Å². The highest BCUT2D eigenvalue weighted by atomic mass is 35.5. The lowest BCUT2D eigenvalue weighted by atomic mass is 10.2. The molecule has 0 radical (unpaired) electrons. The number of alkyl halides is 2. The monoisotopic (exact) mass is 166 g/mol. The van der Waals surface area contributed by atoms with E-state index in [1.807, 2.05) is 0 Å². The van der Waals surface area contributed by atoms with Crippen LogP contribution in [0.25, 0.3) is 0 Å². The molecule has 0 aromatic heterocycles. The van der Waals surface area contributed by atoms with E-state index in [1.54, 1.807) is 0 Å². The molecule has 0 spiro atoms. The Kier molecular flexibility index (Phi) is 6.67. The standard InChI is InChI=1S/C7H12Cl2/c1-7(4-6-9)3-2-5-8/h3H,2,4-6H2,1H3. The Morgan fingerprint density at radius 1 is 1.33 bits per heavy atom. The molecule has 0 heterocycles. The van der Waals surface area contributed by atoms with Gasteiger partial charge < -0.3 is 0 Å². The first-order valence-corrected chi connectivity index (χ1v) is 4.15. The van der Waals surface area contributed by atoms with Crippen LogP contribution in [-0.2, 0) is 0 Å². The SMILES string of the molecule is CC(=CCCCl)CCCl. The van der Waals surface area contributed by atoms with Gasteiger partial charge in [0.1, 0.15) is 0 Å². The van der Waals surface area contributed by atoms with Gasteiger partial charge in [-0.2, -0.15) is 0 Å². The van der Waals surface area contributed by atoms with Crippen molar-refractivity contribution in [1.29, 1.82) is 0 Å². The summed E-state index contributed by atoms with van der Waals surface area (Å²) in [5.41, 5.74) is 1.34. The number of hydrogen-bond acceptors (Lipinski definition) is 0. The van der Waals surface area contributed by atoms with E-state index in [0.29, 0.717) is 11.8 Å². The van der Waals surface area contributed by atoms with Gasteiger partial charge in [0, 0.05) is 11.8 Å². The summed E-state index contributed by atoms with van der Waals surface area (Å²) in [7, 11) is 0. The zero-order valence-electron chi connectivity index (χ0n) is 5.66. The highest BCUT2D eigenvalue weighted by molar-refractivity contribution is 6.18. The number of allylic oxidation sites excluding steroid dienone is 2. The molecule has 9 heavy (non-hydrogen) atoms. The van der Waals surface area contributed by atoms with Crippen LogP contribution >= 0.6 is 23.2 Å². The molecule has 0 bridgehead atoms. The van der Waals surface area contributed by atoms with Crippen LogP contribution in [0.3, 0.4) is 0 Å². The van der Waals surface area contributed by atoms with Gasteiger partial charge in [-0.05, 0) is 19.8 Å². The van der Waals surface area contributed by atoms with Crippen LogP contribution in [0.1, 0.15) is 19.8 Å². The average molecular weight is 167 g/mol. The van der Waals surface area contributed by atoms with E-state index in [1.165, 1.54) is 5.57 Å². The van der Waals surface area contributed by atoms with Crippen molar-refractivity contribution in [3.63, 3.8) is 0 Å². The molecule has 0 aliphatic heterocycles. The molecule has 0 amide bonds. The quantitative estimate of drug-likeness (QED) is 0.445. The molecule has 0 aliphatic carbocycles. The van der Waals surface area contributed by atoms with Gasteiger partial charge in [-0.25, -0.2) is 0 Å². The minimum atomic E-state index is 0.708. The maximum atomic E-state index is 5.50. The van der Waals surface area contributed by atoms with Gasteiger partial charge in [0.05, 0.1) is 0 Å². The molecule has 0 N–H and O–H groups in total. The van der Waals surface area contributed by atoms with Crippen molar-refractivity contribution in [2.45, 2.75) is 19.8 Å². The fourth-order valence-corrected chi connectivity index (χ4v) is 0.959. The molecule has 0 aromatic rings. The van der Waals surface area contributed by atoms with Crippen molar-refractivity contribution in [1.82, 2.24) is 0 Å². The third-order valence-electron chi connectivity index (χ3n) is 1.09. The van der Waals surface area contributed by atoms with E-state index in [9.17, 15) is 0 Å². The fourth-order valence-electron chi connectivity index (χ4n) is 0.552. The molecule has 0 atom stereocenters. The topological polar surface area (TPSA) is 0 Å². The Hall–Kier alpha value is 0.320. The first kappa shape index (κ1) is 9.32. The Bertz CT molecular complexity index is 86.9. The Labute approximate surface area is 66.8 Å². The molecule has 2 heteroatoms. The van der Waals surface area contributed by atoms with Crippen LogP contribution in [0, 0.1) is 0 Å². The maximum absolute atomic E-state index is 5.50. The third-order valence-corrected chi connectivity index (χ3v) is 1.50. The average Bonchev–Trinajstić information content (AvgIpc) is 1.85. The molecular weight excluding hydrogens is 155 g/mol. The summed E-state index contributed by atoms with van der Waals surface area (Å²) in [6.07, 6.45) is 4.08. The molecule has 0 fully saturated rings. The van der Waals surface area contributed by atoms with Crippen molar-refractivity contribution in [2.24, 2.45) is 0 Å². The second kappa shape index (κ2) is 6.44. The Morgan fingerprint density at radius 2 is 2.00 bits per heavy atom. The van der Waals surface area contributed by atoms with Crippen LogP contribution in [0.15, 0.2) is 11.6 Å². The van der Waals surface area contributed by atoms with Gasteiger partial charge in [-0.15, -0.1) is 23.2 Å². The van der Waals surface area contributed by atoms with E-state index in [4.69, 9.17) is 23.2 Å². The predicted molar refractivity (Wildman–Crippen MR) is 44.4 cm³/mol. The Balaban J connectivity index is 3.30. The van der Waals surface area contributed by atoms with E-state index in [-0.39, 0.29) is 0 Å². The first-order valence-electron chi connectivity index (χ1n) is 3.08. The minimum absolute atomic E-state index is 0.708. The van der Waals surface area contributed by atoms with Crippen molar-refractivity contribution >= 4 is 23.2 Å². The number of rotatable bonds is 4. The third kappa shape index (κ3) is 6.20. The maximum Gasteiger partial charge on any atom is 0.0260 e.